The average molecular weight is 770 g/mol. The monoisotopic (exact) mass is 769 g/mol. The fraction of sp³-hybridized carbons (Fsp3) is 0.417. The van der Waals surface area contributed by atoms with Crippen LogP contribution in [0.5, 0.6) is 0 Å². The first kappa shape index (κ1) is 42.8. The molecule has 0 aliphatic carbocycles. The lowest BCUT2D eigenvalue weighted by molar-refractivity contribution is -0.141. The Morgan fingerprint density at radius 1 is 0.815 bits per heavy atom. The van der Waals surface area contributed by atoms with Gasteiger partial charge in [-0.25, -0.2) is 4.79 Å². The molecule has 0 aliphatic rings. The molecular formula is C36H47N7O10S. The number of carboxylic acids is 1. The number of primary amides is 1. The number of carbonyl (C=O) groups is 7. The van der Waals surface area contributed by atoms with Crippen LogP contribution in [0.4, 0.5) is 4.79 Å². The summed E-state index contributed by atoms with van der Waals surface area (Å²) in [7, 11) is 0. The number of rotatable bonds is 20. The molecule has 6 amide bonds. The standard InChI is InChI=1S/C36H47N7O10S/c1-36(2,3)53-35(51)43-52-20-29(44)39-27(17-22-19-38-24-13-9-8-12-23(22)24)33(49)40-25(14-15-54-4)32(48)42-28(18-30(45)46)34(50)41-26(31(37)47)16-21-10-6-5-7-11-21/h5-13,19,25-28,38H,14-18,20H2,1-4H3,(H2,37,47)(H,39,44)(H,40,49)(H,41,50)(H,42,48)(H,43,51)(H,45,46)/t25-,26-,27-,28-/m0/s1. The number of aromatic nitrogens is 1. The molecule has 54 heavy (non-hydrogen) atoms. The number of carbonyl (C=O) groups excluding carboxylic acids is 6. The van der Waals surface area contributed by atoms with E-state index in [2.05, 4.69) is 26.3 Å². The summed E-state index contributed by atoms with van der Waals surface area (Å²) in [6.45, 7) is 4.25. The summed E-state index contributed by atoms with van der Waals surface area (Å²) < 4.78 is 5.07. The molecule has 0 bridgehead atoms. The van der Waals surface area contributed by atoms with E-state index in [4.69, 9.17) is 15.3 Å². The number of amides is 6. The van der Waals surface area contributed by atoms with Crippen LogP contribution in [0.3, 0.4) is 0 Å². The van der Waals surface area contributed by atoms with Crippen molar-refractivity contribution in [3.8, 4) is 0 Å². The maximum absolute atomic E-state index is 13.9. The first-order chi connectivity index (χ1) is 25.6. The van der Waals surface area contributed by atoms with E-state index in [9.17, 15) is 38.7 Å². The predicted octanol–water partition coefficient (Wildman–Crippen LogP) is 1.06. The number of hydroxylamine groups is 1. The van der Waals surface area contributed by atoms with E-state index in [0.717, 1.165) is 10.9 Å². The molecule has 0 spiro atoms. The number of nitrogens with one attached hydrogen (secondary N) is 6. The van der Waals surface area contributed by atoms with Crippen LogP contribution in [0.2, 0.25) is 0 Å². The zero-order chi connectivity index (χ0) is 39.8. The quantitative estimate of drug-likeness (QED) is 0.0754. The fourth-order valence-corrected chi connectivity index (χ4v) is 5.67. The lowest BCUT2D eigenvalue weighted by Gasteiger charge is -2.26. The van der Waals surface area contributed by atoms with Crippen molar-refractivity contribution < 1.29 is 48.2 Å². The van der Waals surface area contributed by atoms with E-state index in [1.807, 2.05) is 29.7 Å². The van der Waals surface area contributed by atoms with E-state index >= 15 is 0 Å². The molecule has 0 saturated carbocycles. The van der Waals surface area contributed by atoms with Gasteiger partial charge in [0, 0.05) is 29.9 Å². The summed E-state index contributed by atoms with van der Waals surface area (Å²) in [4.78, 5) is 97.8. The molecule has 2 aromatic carbocycles. The molecule has 18 heteroatoms. The van der Waals surface area contributed by atoms with Crippen LogP contribution in [0.15, 0.2) is 60.8 Å². The van der Waals surface area contributed by atoms with Gasteiger partial charge in [-0.05, 0) is 56.4 Å². The summed E-state index contributed by atoms with van der Waals surface area (Å²) in [6.07, 6.45) is 1.75. The summed E-state index contributed by atoms with van der Waals surface area (Å²) in [5.41, 5.74) is 8.84. The van der Waals surface area contributed by atoms with Gasteiger partial charge >= 0.3 is 12.1 Å². The van der Waals surface area contributed by atoms with Crippen LogP contribution < -0.4 is 32.5 Å². The Labute approximate surface area is 316 Å². The summed E-state index contributed by atoms with van der Waals surface area (Å²) in [5, 5.41) is 20.4. The van der Waals surface area contributed by atoms with Gasteiger partial charge in [-0.3, -0.25) is 33.6 Å². The van der Waals surface area contributed by atoms with E-state index in [-0.39, 0.29) is 19.3 Å². The van der Waals surface area contributed by atoms with E-state index in [1.165, 1.54) is 11.8 Å². The Balaban J connectivity index is 1.79. The van der Waals surface area contributed by atoms with Gasteiger partial charge in [-0.15, -0.1) is 0 Å². The molecule has 1 heterocycles. The molecule has 0 radical (unpaired) electrons. The minimum absolute atomic E-state index is 0.0215. The topological polar surface area (TPSA) is 260 Å². The Kier molecular flexibility index (Phi) is 16.3. The van der Waals surface area contributed by atoms with E-state index < -0.39 is 84.4 Å². The molecule has 3 aromatic rings. The number of thioether (sulfide) groups is 1. The van der Waals surface area contributed by atoms with Crippen molar-refractivity contribution in [1.82, 2.24) is 31.7 Å². The smallest absolute Gasteiger partial charge is 0.431 e. The van der Waals surface area contributed by atoms with Crippen LogP contribution in [-0.2, 0) is 51.2 Å². The first-order valence-electron chi connectivity index (χ1n) is 17.0. The number of fused-ring (bicyclic) bond motifs is 1. The number of para-hydroxylation sites is 1. The van der Waals surface area contributed by atoms with Gasteiger partial charge in [-0.2, -0.15) is 17.2 Å². The Bertz CT molecular complexity index is 1780. The third-order valence-electron chi connectivity index (χ3n) is 7.71. The van der Waals surface area contributed by atoms with Gasteiger partial charge in [0.15, 0.2) is 6.61 Å². The van der Waals surface area contributed by atoms with Crippen molar-refractivity contribution in [3.63, 3.8) is 0 Å². The maximum Gasteiger partial charge on any atom is 0.431 e. The van der Waals surface area contributed by atoms with Crippen molar-refractivity contribution in [1.29, 1.82) is 0 Å². The number of ether oxygens (including phenoxy) is 1. The van der Waals surface area contributed by atoms with Crippen LogP contribution in [0.1, 0.15) is 44.7 Å². The summed E-state index contributed by atoms with van der Waals surface area (Å²) in [5.74, 6) is -5.31. The summed E-state index contributed by atoms with van der Waals surface area (Å²) >= 11 is 1.37. The number of benzene rings is 2. The maximum atomic E-state index is 13.9. The number of hydrogen-bond donors (Lipinski definition) is 8. The molecule has 0 unspecified atom stereocenters. The number of aromatic amines is 1. The average Bonchev–Trinajstić information content (AvgIpc) is 3.51. The van der Waals surface area contributed by atoms with Crippen LogP contribution >= 0.6 is 11.8 Å². The second-order valence-corrected chi connectivity index (χ2v) is 14.2. The SMILES string of the molecule is CSCC[C@H](NC(=O)[C@H](Cc1c[nH]c2ccccc12)NC(=O)CONC(=O)OC(C)(C)C)C(=O)N[C@@H](CC(=O)O)C(=O)N[C@@H](Cc1ccccc1)C(N)=O. The molecule has 0 fully saturated rings. The van der Waals surface area contributed by atoms with Gasteiger partial charge in [0.2, 0.25) is 29.5 Å². The zero-order valence-electron chi connectivity index (χ0n) is 30.4. The number of carboxylic acid groups (broad SMARTS) is 1. The minimum Gasteiger partial charge on any atom is -0.481 e. The van der Waals surface area contributed by atoms with Crippen molar-refractivity contribution in [2.24, 2.45) is 5.73 Å². The zero-order valence-corrected chi connectivity index (χ0v) is 31.2. The van der Waals surface area contributed by atoms with Gasteiger partial charge in [0.05, 0.1) is 6.42 Å². The predicted molar refractivity (Wildman–Crippen MR) is 200 cm³/mol. The van der Waals surface area contributed by atoms with Crippen molar-refractivity contribution >= 4 is 64.3 Å². The van der Waals surface area contributed by atoms with Crippen LogP contribution in [0.25, 0.3) is 10.9 Å². The molecule has 17 nitrogen and oxygen atoms in total. The minimum atomic E-state index is -1.64. The van der Waals surface area contributed by atoms with Crippen molar-refractivity contribution in [2.75, 3.05) is 18.6 Å². The number of hydrogen-bond acceptors (Lipinski definition) is 10. The highest BCUT2D eigenvalue weighted by Crippen LogP contribution is 2.19. The molecule has 3 rings (SSSR count). The number of aliphatic carboxylic acids is 1. The second kappa shape index (κ2) is 20.6. The van der Waals surface area contributed by atoms with E-state index in [0.29, 0.717) is 16.9 Å². The van der Waals surface area contributed by atoms with Gasteiger partial charge < -0.3 is 41.8 Å². The lowest BCUT2D eigenvalue weighted by Crippen LogP contribution is -2.59. The van der Waals surface area contributed by atoms with Gasteiger partial charge in [0.25, 0.3) is 0 Å². The largest absolute Gasteiger partial charge is 0.481 e. The highest BCUT2D eigenvalue weighted by molar-refractivity contribution is 7.98. The van der Waals surface area contributed by atoms with Crippen molar-refractivity contribution in [3.05, 3.63) is 71.9 Å². The number of H-pyrrole nitrogens is 1. The lowest BCUT2D eigenvalue weighted by atomic mass is 10.0. The van der Waals surface area contributed by atoms with Crippen molar-refractivity contribution in [2.45, 2.75) is 76.2 Å². The second-order valence-electron chi connectivity index (χ2n) is 13.2. The Morgan fingerprint density at radius 3 is 2.07 bits per heavy atom. The molecule has 0 saturated heterocycles. The Hall–Kier alpha value is -5.62. The van der Waals surface area contributed by atoms with Gasteiger partial charge in [-0.1, -0.05) is 48.5 Å². The third-order valence-corrected chi connectivity index (χ3v) is 8.35. The Morgan fingerprint density at radius 2 is 1.43 bits per heavy atom. The summed E-state index contributed by atoms with van der Waals surface area (Å²) in [6, 6.07) is 10.6. The molecule has 0 aliphatic heterocycles. The fourth-order valence-electron chi connectivity index (χ4n) is 5.20. The molecule has 1 aromatic heterocycles. The molecule has 292 valence electrons. The number of nitrogens with two attached hydrogens (primary N) is 1. The first-order valence-corrected chi connectivity index (χ1v) is 18.4. The van der Waals surface area contributed by atoms with Crippen LogP contribution in [0, 0.1) is 0 Å². The highest BCUT2D eigenvalue weighted by atomic mass is 32.2. The van der Waals surface area contributed by atoms with E-state index in [1.54, 1.807) is 63.6 Å². The third kappa shape index (κ3) is 14.4. The van der Waals surface area contributed by atoms with Gasteiger partial charge in [0.1, 0.15) is 29.8 Å². The molecule has 4 atom stereocenters. The molecule has 9 N–H and O–H groups in total. The van der Waals surface area contributed by atoms with Crippen LogP contribution in [-0.4, -0.2) is 100 Å². The normalized spacial score (nSPS) is 13.4. The molecular weight excluding hydrogens is 723 g/mol. The highest BCUT2D eigenvalue weighted by Gasteiger charge is 2.32.